The number of fused-ring (bicyclic) bond motifs is 1. The summed E-state index contributed by atoms with van der Waals surface area (Å²) in [6.07, 6.45) is 1.81. The van der Waals surface area contributed by atoms with Crippen molar-refractivity contribution in [2.75, 3.05) is 11.9 Å². The molecule has 2 aromatic rings. The van der Waals surface area contributed by atoms with Crippen LogP contribution < -0.4 is 5.32 Å². The monoisotopic (exact) mass is 265 g/mol. The van der Waals surface area contributed by atoms with Crippen molar-refractivity contribution in [2.24, 2.45) is 7.05 Å². The van der Waals surface area contributed by atoms with E-state index in [1.807, 2.05) is 25.0 Å². The molecule has 0 fully saturated rings. The second-order valence-electron chi connectivity index (χ2n) is 4.38. The fraction of sp³-hybridized carbons (Fsp3) is 0.583. The zero-order valence-corrected chi connectivity index (χ0v) is 12.1. The molecule has 2 heterocycles. The lowest BCUT2D eigenvalue weighted by Crippen LogP contribution is -2.05. The first-order chi connectivity index (χ1) is 8.61. The first-order valence-electron chi connectivity index (χ1n) is 6.16. The molecular weight excluding hydrogens is 246 g/mol. The number of nitrogens with zero attached hydrogens (tertiary/aromatic N) is 4. The van der Waals surface area contributed by atoms with E-state index in [2.05, 4.69) is 41.2 Å². The maximum Gasteiger partial charge on any atom is 0.163 e. The molecule has 0 saturated heterocycles. The Morgan fingerprint density at radius 3 is 2.83 bits per heavy atom. The molecule has 98 valence electrons. The van der Waals surface area contributed by atoms with Crippen molar-refractivity contribution < 1.29 is 0 Å². The summed E-state index contributed by atoms with van der Waals surface area (Å²) in [6.45, 7) is 7.27. The summed E-state index contributed by atoms with van der Waals surface area (Å²) in [5.41, 5.74) is 0.889. The normalized spacial score (nSPS) is 11.4. The van der Waals surface area contributed by atoms with Gasteiger partial charge in [0.15, 0.2) is 5.65 Å². The van der Waals surface area contributed by atoms with E-state index in [1.54, 1.807) is 4.68 Å². The minimum absolute atomic E-state index is 0.582. The molecule has 0 atom stereocenters. The Labute approximate surface area is 111 Å². The highest BCUT2D eigenvalue weighted by Gasteiger charge is 2.11. The number of aromatic nitrogens is 4. The van der Waals surface area contributed by atoms with Gasteiger partial charge in [0.25, 0.3) is 0 Å². The zero-order chi connectivity index (χ0) is 13.1. The Hall–Kier alpha value is -1.30. The van der Waals surface area contributed by atoms with Crippen LogP contribution >= 0.6 is 11.8 Å². The van der Waals surface area contributed by atoms with Gasteiger partial charge in [0.1, 0.15) is 11.6 Å². The Balaban J connectivity index is 2.38. The van der Waals surface area contributed by atoms with E-state index in [-0.39, 0.29) is 0 Å². The third-order valence-corrected chi connectivity index (χ3v) is 3.62. The van der Waals surface area contributed by atoms with E-state index in [0.29, 0.717) is 5.25 Å². The third-order valence-electron chi connectivity index (χ3n) is 2.53. The number of thioether (sulfide) groups is 1. The Bertz CT molecular complexity index is 534. The molecule has 5 nitrogen and oxygen atoms in total. The number of hydrogen-bond acceptors (Lipinski definition) is 5. The van der Waals surface area contributed by atoms with Crippen LogP contribution in [-0.4, -0.2) is 31.5 Å². The molecule has 0 saturated carbocycles. The summed E-state index contributed by atoms with van der Waals surface area (Å²) in [5.74, 6) is 2.58. The summed E-state index contributed by atoms with van der Waals surface area (Å²) in [7, 11) is 1.91. The van der Waals surface area contributed by atoms with Crippen LogP contribution in [0.15, 0.2) is 6.20 Å². The summed E-state index contributed by atoms with van der Waals surface area (Å²) in [6, 6.07) is 0. The third kappa shape index (κ3) is 2.75. The van der Waals surface area contributed by atoms with Gasteiger partial charge in [-0.3, -0.25) is 4.68 Å². The van der Waals surface area contributed by atoms with E-state index in [1.165, 1.54) is 0 Å². The van der Waals surface area contributed by atoms with Crippen LogP contribution in [0.25, 0.3) is 11.0 Å². The van der Waals surface area contributed by atoms with Crippen LogP contribution in [0.1, 0.15) is 26.6 Å². The van der Waals surface area contributed by atoms with Gasteiger partial charge in [-0.1, -0.05) is 13.8 Å². The lowest BCUT2D eigenvalue weighted by atomic mass is 10.4. The summed E-state index contributed by atoms with van der Waals surface area (Å²) < 4.78 is 1.79. The van der Waals surface area contributed by atoms with Crippen LogP contribution in [0, 0.1) is 0 Å². The second-order valence-corrected chi connectivity index (χ2v) is 5.95. The highest BCUT2D eigenvalue weighted by molar-refractivity contribution is 7.99. The molecule has 0 amide bonds. The van der Waals surface area contributed by atoms with Crippen molar-refractivity contribution in [3.8, 4) is 0 Å². The fourth-order valence-corrected chi connectivity index (χ4v) is 2.29. The molecule has 0 aliphatic carbocycles. The molecule has 2 aromatic heterocycles. The quantitative estimate of drug-likeness (QED) is 0.900. The van der Waals surface area contributed by atoms with Crippen LogP contribution in [0.4, 0.5) is 5.82 Å². The van der Waals surface area contributed by atoms with Gasteiger partial charge in [0.2, 0.25) is 0 Å². The Morgan fingerprint density at radius 1 is 1.39 bits per heavy atom. The first kappa shape index (κ1) is 13.1. The summed E-state index contributed by atoms with van der Waals surface area (Å²) >= 11 is 1.85. The second kappa shape index (κ2) is 5.56. The fourth-order valence-electron chi connectivity index (χ4n) is 1.68. The molecular formula is C12H19N5S. The molecule has 0 spiro atoms. The summed E-state index contributed by atoms with van der Waals surface area (Å²) in [4.78, 5) is 9.16. The molecule has 6 heteroatoms. The molecule has 18 heavy (non-hydrogen) atoms. The van der Waals surface area contributed by atoms with Crippen molar-refractivity contribution in [3.05, 3.63) is 12.0 Å². The number of nitrogens with one attached hydrogen (secondary N) is 1. The van der Waals surface area contributed by atoms with Gasteiger partial charge >= 0.3 is 0 Å². The van der Waals surface area contributed by atoms with E-state index in [9.17, 15) is 0 Å². The number of rotatable bonds is 5. The van der Waals surface area contributed by atoms with Gasteiger partial charge in [-0.25, -0.2) is 9.97 Å². The minimum Gasteiger partial charge on any atom is -0.370 e. The maximum absolute atomic E-state index is 4.58. The smallest absolute Gasteiger partial charge is 0.163 e. The van der Waals surface area contributed by atoms with E-state index >= 15 is 0 Å². The minimum atomic E-state index is 0.582. The lowest BCUT2D eigenvalue weighted by Gasteiger charge is -2.08. The van der Waals surface area contributed by atoms with Crippen LogP contribution in [-0.2, 0) is 12.8 Å². The van der Waals surface area contributed by atoms with Crippen LogP contribution in [0.3, 0.4) is 0 Å². The van der Waals surface area contributed by atoms with Gasteiger partial charge in [0.05, 0.1) is 17.3 Å². The van der Waals surface area contributed by atoms with Crippen molar-refractivity contribution >= 4 is 28.6 Å². The topological polar surface area (TPSA) is 55.6 Å². The largest absolute Gasteiger partial charge is 0.370 e. The highest BCUT2D eigenvalue weighted by atomic mass is 32.2. The molecule has 2 rings (SSSR count). The Kier molecular flexibility index (Phi) is 4.06. The van der Waals surface area contributed by atoms with Gasteiger partial charge < -0.3 is 5.32 Å². The van der Waals surface area contributed by atoms with Gasteiger partial charge in [-0.2, -0.15) is 16.9 Å². The predicted molar refractivity (Wildman–Crippen MR) is 76.9 cm³/mol. The van der Waals surface area contributed by atoms with Crippen LogP contribution in [0.5, 0.6) is 0 Å². The van der Waals surface area contributed by atoms with Crippen molar-refractivity contribution in [1.29, 1.82) is 0 Å². The van der Waals surface area contributed by atoms with E-state index in [0.717, 1.165) is 35.0 Å². The first-order valence-corrected chi connectivity index (χ1v) is 7.20. The lowest BCUT2D eigenvalue weighted by molar-refractivity contribution is 0.782. The average molecular weight is 265 g/mol. The molecule has 0 unspecified atom stereocenters. The standard InChI is InChI=1S/C12H19N5S/c1-5-13-11-9-6-14-17(4)12(9)16-10(15-11)7-18-8(2)3/h6,8H,5,7H2,1-4H3,(H,13,15,16). The Morgan fingerprint density at radius 2 is 2.17 bits per heavy atom. The van der Waals surface area contributed by atoms with Gasteiger partial charge in [-0.15, -0.1) is 0 Å². The number of aryl methyl sites for hydroxylation is 1. The predicted octanol–water partition coefficient (Wildman–Crippen LogP) is 2.44. The number of hydrogen-bond donors (Lipinski definition) is 1. The molecule has 0 radical (unpaired) electrons. The molecule has 0 aliphatic heterocycles. The summed E-state index contributed by atoms with van der Waals surface area (Å²) in [5, 5.41) is 9.09. The molecule has 0 aliphatic rings. The van der Waals surface area contributed by atoms with Gasteiger partial charge in [-0.05, 0) is 12.2 Å². The zero-order valence-electron chi connectivity index (χ0n) is 11.3. The SMILES string of the molecule is CCNc1nc(CSC(C)C)nc2c1cnn2C. The molecule has 0 bridgehead atoms. The van der Waals surface area contributed by atoms with E-state index < -0.39 is 0 Å². The highest BCUT2D eigenvalue weighted by Crippen LogP contribution is 2.22. The maximum atomic E-state index is 4.58. The average Bonchev–Trinajstić information content (AvgIpc) is 2.69. The van der Waals surface area contributed by atoms with Crippen LogP contribution in [0.2, 0.25) is 0 Å². The van der Waals surface area contributed by atoms with Crippen molar-refractivity contribution in [2.45, 2.75) is 31.8 Å². The molecule has 1 N–H and O–H groups in total. The van der Waals surface area contributed by atoms with Crippen molar-refractivity contribution in [3.63, 3.8) is 0 Å². The van der Waals surface area contributed by atoms with E-state index in [4.69, 9.17) is 0 Å². The van der Waals surface area contributed by atoms with Gasteiger partial charge in [0, 0.05) is 13.6 Å². The number of anilines is 1. The molecule has 0 aromatic carbocycles. The van der Waals surface area contributed by atoms with Crippen molar-refractivity contribution in [1.82, 2.24) is 19.7 Å².